The molecular weight excluding hydrogens is 259 g/mol. The number of hydrogen-bond acceptors (Lipinski definition) is 3. The number of aromatic nitrogens is 1. The van der Waals surface area contributed by atoms with Gasteiger partial charge in [-0.25, -0.2) is 13.0 Å². The zero-order chi connectivity index (χ0) is 13.7. The van der Waals surface area contributed by atoms with Crippen molar-refractivity contribution in [2.24, 2.45) is 7.05 Å². The maximum Gasteiger partial charge on any atom is 0.485 e. The maximum atomic E-state index is 10.7. The van der Waals surface area contributed by atoms with Gasteiger partial charge in [0.2, 0.25) is 0 Å². The highest BCUT2D eigenvalue weighted by molar-refractivity contribution is 7.86. The molecule has 0 aliphatic heterocycles. The van der Waals surface area contributed by atoms with E-state index in [9.17, 15) is 13.2 Å². The van der Waals surface area contributed by atoms with E-state index in [0.29, 0.717) is 0 Å². The summed E-state index contributed by atoms with van der Waals surface area (Å²) in [7, 11) is -4.02. The van der Waals surface area contributed by atoms with Crippen molar-refractivity contribution in [3.63, 3.8) is 0 Å². The van der Waals surface area contributed by atoms with Gasteiger partial charge >= 0.3 is 5.51 Å². The molecule has 1 aromatic rings. The van der Waals surface area contributed by atoms with E-state index >= 15 is 0 Å². The van der Waals surface area contributed by atoms with Crippen LogP contribution >= 0.6 is 0 Å². The summed E-state index contributed by atoms with van der Waals surface area (Å²) in [6.45, 7) is 2.16. The summed E-state index contributed by atoms with van der Waals surface area (Å²) in [6, 6.07) is 6.25. The van der Waals surface area contributed by atoms with Crippen LogP contribution in [0.5, 0.6) is 0 Å². The Bertz CT molecular complexity index is 457. The summed E-state index contributed by atoms with van der Waals surface area (Å²) >= 11 is 0. The molecular formula is C9H12F3NO3S. The highest BCUT2D eigenvalue weighted by Gasteiger charge is 2.36. The quantitative estimate of drug-likeness (QED) is 0.437. The van der Waals surface area contributed by atoms with Gasteiger partial charge < -0.3 is 4.55 Å². The number of aryl methyl sites for hydroxylation is 2. The van der Waals surface area contributed by atoms with Gasteiger partial charge in [0.25, 0.3) is 0 Å². The topological polar surface area (TPSA) is 61.1 Å². The Morgan fingerprint density at radius 3 is 2.06 bits per heavy atom. The van der Waals surface area contributed by atoms with E-state index in [4.69, 9.17) is 13.0 Å². The molecule has 0 aliphatic rings. The van der Waals surface area contributed by atoms with Gasteiger partial charge in [-0.2, -0.15) is 13.2 Å². The summed E-state index contributed by atoms with van der Waals surface area (Å²) in [5.74, 6) is 0. The average molecular weight is 271 g/mol. The standard InChI is InChI=1S/C8H12N.CHF3O3S/c1-3-8-6-4-5-7-9(8)2;2-1(3,4)8(5,6)7/h4-7H,3H2,1-2H3;(H,5,6,7)/q+1;/p-1. The summed E-state index contributed by atoms with van der Waals surface area (Å²) in [5, 5.41) is 0. The van der Waals surface area contributed by atoms with E-state index in [2.05, 4.69) is 36.9 Å². The monoisotopic (exact) mass is 271 g/mol. The van der Waals surface area contributed by atoms with Crippen molar-refractivity contribution >= 4 is 10.1 Å². The van der Waals surface area contributed by atoms with Crippen LogP contribution in [-0.4, -0.2) is 18.5 Å². The van der Waals surface area contributed by atoms with Crippen molar-refractivity contribution in [3.05, 3.63) is 30.1 Å². The summed E-state index contributed by atoms with van der Waals surface area (Å²) < 4.78 is 61.0. The van der Waals surface area contributed by atoms with Crippen molar-refractivity contribution in [1.29, 1.82) is 0 Å². The Labute approximate surface area is 97.5 Å². The van der Waals surface area contributed by atoms with Crippen molar-refractivity contribution in [2.75, 3.05) is 0 Å². The highest BCUT2D eigenvalue weighted by atomic mass is 32.2. The second-order valence-corrected chi connectivity index (χ2v) is 4.43. The number of alkyl halides is 3. The Morgan fingerprint density at radius 1 is 1.35 bits per heavy atom. The minimum absolute atomic E-state index is 1.11. The zero-order valence-corrected chi connectivity index (χ0v) is 10.0. The van der Waals surface area contributed by atoms with Crippen LogP contribution in [0.15, 0.2) is 24.4 Å². The number of rotatable bonds is 1. The molecule has 0 spiro atoms. The van der Waals surface area contributed by atoms with E-state index in [-0.39, 0.29) is 0 Å². The zero-order valence-electron chi connectivity index (χ0n) is 9.23. The molecule has 1 heterocycles. The van der Waals surface area contributed by atoms with Gasteiger partial charge in [0.15, 0.2) is 22.0 Å². The molecule has 0 N–H and O–H groups in total. The molecule has 0 saturated carbocycles. The first-order chi connectivity index (χ1) is 7.59. The number of halogens is 3. The predicted octanol–water partition coefficient (Wildman–Crippen LogP) is 1.12. The van der Waals surface area contributed by atoms with Crippen LogP contribution in [-0.2, 0) is 23.6 Å². The van der Waals surface area contributed by atoms with Gasteiger partial charge in [-0.1, -0.05) is 13.0 Å². The normalized spacial score (nSPS) is 11.6. The van der Waals surface area contributed by atoms with Gasteiger partial charge in [-0.05, 0) is 0 Å². The first kappa shape index (κ1) is 15.9. The lowest BCUT2D eigenvalue weighted by Crippen LogP contribution is -2.32. The fourth-order valence-corrected chi connectivity index (χ4v) is 0.926. The third kappa shape index (κ3) is 5.64. The summed E-state index contributed by atoms with van der Waals surface area (Å²) in [6.07, 6.45) is 3.18. The van der Waals surface area contributed by atoms with Crippen molar-refractivity contribution < 1.29 is 30.7 Å². The van der Waals surface area contributed by atoms with E-state index in [1.165, 1.54) is 5.69 Å². The molecule has 1 rings (SSSR count). The molecule has 0 radical (unpaired) electrons. The summed E-state index contributed by atoms with van der Waals surface area (Å²) in [5.41, 5.74) is -4.27. The van der Waals surface area contributed by atoms with Gasteiger partial charge in [0.05, 0.1) is 0 Å². The Kier molecular flexibility index (Phi) is 5.56. The summed E-state index contributed by atoms with van der Waals surface area (Å²) in [4.78, 5) is 0. The van der Waals surface area contributed by atoms with E-state index in [1.54, 1.807) is 0 Å². The van der Waals surface area contributed by atoms with Crippen molar-refractivity contribution in [3.8, 4) is 0 Å². The fraction of sp³-hybridized carbons (Fsp3) is 0.444. The molecule has 0 atom stereocenters. The molecule has 98 valence electrons. The Hall–Kier alpha value is -1.15. The van der Waals surface area contributed by atoms with Gasteiger partial charge in [0, 0.05) is 18.6 Å². The fourth-order valence-electron chi connectivity index (χ4n) is 0.926. The van der Waals surface area contributed by atoms with Gasteiger partial charge in [-0.3, -0.25) is 0 Å². The second kappa shape index (κ2) is 5.97. The molecule has 0 amide bonds. The molecule has 0 saturated heterocycles. The van der Waals surface area contributed by atoms with Crippen LogP contribution in [0.3, 0.4) is 0 Å². The third-order valence-electron chi connectivity index (χ3n) is 1.81. The SMILES string of the molecule is CCc1cccc[n+]1C.O=S(=O)([O-])C(F)(F)F. The van der Waals surface area contributed by atoms with E-state index < -0.39 is 15.6 Å². The first-order valence-corrected chi connectivity index (χ1v) is 5.96. The lowest BCUT2D eigenvalue weighted by Gasteiger charge is -2.08. The van der Waals surface area contributed by atoms with Crippen LogP contribution in [0.1, 0.15) is 12.6 Å². The number of nitrogens with zero attached hydrogens (tertiary/aromatic N) is 1. The maximum absolute atomic E-state index is 10.7. The van der Waals surface area contributed by atoms with E-state index in [1.807, 2.05) is 6.07 Å². The number of hydrogen-bond donors (Lipinski definition) is 0. The minimum Gasteiger partial charge on any atom is -0.741 e. The first-order valence-electron chi connectivity index (χ1n) is 4.55. The molecule has 0 unspecified atom stereocenters. The third-order valence-corrected chi connectivity index (χ3v) is 2.38. The second-order valence-electron chi connectivity index (χ2n) is 3.06. The van der Waals surface area contributed by atoms with E-state index in [0.717, 1.165) is 6.42 Å². The number of pyridine rings is 1. The van der Waals surface area contributed by atoms with Crippen LogP contribution in [0.4, 0.5) is 13.2 Å². The Balaban J connectivity index is 0.000000304. The molecule has 0 fully saturated rings. The average Bonchev–Trinajstić information content (AvgIpc) is 2.16. The molecule has 0 aliphatic carbocycles. The molecule has 1 aromatic heterocycles. The van der Waals surface area contributed by atoms with Crippen molar-refractivity contribution in [1.82, 2.24) is 0 Å². The Morgan fingerprint density at radius 2 is 1.82 bits per heavy atom. The molecule has 4 nitrogen and oxygen atoms in total. The molecule has 0 aromatic carbocycles. The van der Waals surface area contributed by atoms with Crippen LogP contribution in [0.2, 0.25) is 0 Å². The van der Waals surface area contributed by atoms with Crippen LogP contribution in [0, 0.1) is 0 Å². The lowest BCUT2D eigenvalue weighted by atomic mass is 10.3. The van der Waals surface area contributed by atoms with Gasteiger partial charge in [-0.15, -0.1) is 0 Å². The van der Waals surface area contributed by atoms with Crippen molar-refractivity contribution in [2.45, 2.75) is 18.9 Å². The molecule has 0 bridgehead atoms. The molecule has 17 heavy (non-hydrogen) atoms. The smallest absolute Gasteiger partial charge is 0.485 e. The van der Waals surface area contributed by atoms with Crippen LogP contribution in [0.25, 0.3) is 0 Å². The highest BCUT2D eigenvalue weighted by Crippen LogP contribution is 2.20. The predicted molar refractivity (Wildman–Crippen MR) is 52.7 cm³/mol. The van der Waals surface area contributed by atoms with Gasteiger partial charge in [0.1, 0.15) is 7.05 Å². The largest absolute Gasteiger partial charge is 0.741 e. The van der Waals surface area contributed by atoms with Crippen LogP contribution < -0.4 is 4.57 Å². The minimum atomic E-state index is -6.09. The lowest BCUT2D eigenvalue weighted by molar-refractivity contribution is -0.679. The molecule has 8 heteroatoms.